The highest BCUT2D eigenvalue weighted by Gasteiger charge is 2.49. The van der Waals surface area contributed by atoms with Crippen LogP contribution in [0.25, 0.3) is 0 Å². The van der Waals surface area contributed by atoms with Gasteiger partial charge in [0, 0.05) is 19.1 Å². The lowest BCUT2D eigenvalue weighted by molar-refractivity contribution is 0.0921. The molecule has 1 heterocycles. The Morgan fingerprint density at radius 3 is 2.57 bits per heavy atom. The number of fused-ring (bicyclic) bond motifs is 2. The van der Waals surface area contributed by atoms with E-state index in [2.05, 4.69) is 25.7 Å². The van der Waals surface area contributed by atoms with E-state index < -0.39 is 6.10 Å². The fourth-order valence-corrected chi connectivity index (χ4v) is 4.80. The molecule has 1 aromatic carbocycles. The van der Waals surface area contributed by atoms with Crippen LogP contribution in [0, 0.1) is 16.6 Å². The van der Waals surface area contributed by atoms with Crippen molar-refractivity contribution >= 4 is 0 Å². The van der Waals surface area contributed by atoms with Crippen LogP contribution >= 0.6 is 0 Å². The summed E-state index contributed by atoms with van der Waals surface area (Å²) >= 11 is 0. The number of rotatable bonds is 3. The second kappa shape index (κ2) is 5.06. The van der Waals surface area contributed by atoms with Crippen LogP contribution in [0.2, 0.25) is 0 Å². The van der Waals surface area contributed by atoms with Crippen molar-refractivity contribution in [3.63, 3.8) is 0 Å². The topological polar surface area (TPSA) is 23.5 Å². The van der Waals surface area contributed by atoms with Crippen LogP contribution in [0.1, 0.15) is 51.7 Å². The van der Waals surface area contributed by atoms with Gasteiger partial charge in [0.1, 0.15) is 5.82 Å². The molecule has 0 spiro atoms. The van der Waals surface area contributed by atoms with Gasteiger partial charge in [-0.25, -0.2) is 4.39 Å². The molecule has 2 aliphatic rings. The number of benzene rings is 1. The zero-order valence-corrected chi connectivity index (χ0v) is 13.3. The van der Waals surface area contributed by atoms with Crippen molar-refractivity contribution in [3.8, 4) is 0 Å². The monoisotopic (exact) mass is 291 g/mol. The van der Waals surface area contributed by atoms with E-state index in [1.165, 1.54) is 31.4 Å². The summed E-state index contributed by atoms with van der Waals surface area (Å²) in [5.41, 5.74) is 1.59. The van der Waals surface area contributed by atoms with Crippen LogP contribution in [0.15, 0.2) is 24.3 Å². The maximum Gasteiger partial charge on any atom is 0.123 e. The lowest BCUT2D eigenvalue weighted by atomic mass is 9.65. The maximum absolute atomic E-state index is 13.0. The highest BCUT2D eigenvalue weighted by molar-refractivity contribution is 5.19. The molecule has 2 nitrogen and oxygen atoms in total. The van der Waals surface area contributed by atoms with Crippen LogP contribution in [0.5, 0.6) is 0 Å². The third-order valence-electron chi connectivity index (χ3n) is 5.19. The number of aliphatic hydroxyl groups is 1. The molecule has 1 N–H and O–H groups in total. The van der Waals surface area contributed by atoms with Gasteiger partial charge in [0.2, 0.25) is 0 Å². The Balaban J connectivity index is 1.70. The number of β-amino-alcohol motifs (C(OH)–C–C–N with tert-alkyl or cyclic N) is 1. The van der Waals surface area contributed by atoms with Gasteiger partial charge in [-0.1, -0.05) is 32.9 Å². The summed E-state index contributed by atoms with van der Waals surface area (Å²) < 4.78 is 13.0. The zero-order valence-electron chi connectivity index (χ0n) is 13.3. The minimum absolute atomic E-state index is 0.253. The predicted octanol–water partition coefficient (Wildman–Crippen LogP) is 3.76. The van der Waals surface area contributed by atoms with Gasteiger partial charge in [-0.05, 0) is 47.8 Å². The average Bonchev–Trinajstić information content (AvgIpc) is 2.58. The van der Waals surface area contributed by atoms with E-state index in [0.717, 1.165) is 12.1 Å². The third-order valence-corrected chi connectivity index (χ3v) is 5.19. The number of nitrogens with zero attached hydrogens (tertiary/aromatic N) is 1. The van der Waals surface area contributed by atoms with Crippen molar-refractivity contribution in [2.45, 2.75) is 52.2 Å². The second-order valence-electron chi connectivity index (χ2n) is 8.21. The predicted molar refractivity (Wildman–Crippen MR) is 82.5 cm³/mol. The minimum Gasteiger partial charge on any atom is -0.387 e. The zero-order chi connectivity index (χ0) is 15.3. The first-order valence-corrected chi connectivity index (χ1v) is 7.94. The highest BCUT2D eigenvalue weighted by Crippen LogP contribution is 2.52. The summed E-state index contributed by atoms with van der Waals surface area (Å²) in [5, 5.41) is 10.4. The molecule has 3 atom stereocenters. The van der Waals surface area contributed by atoms with Gasteiger partial charge >= 0.3 is 0 Å². The number of hydrogen-bond acceptors (Lipinski definition) is 2. The first kappa shape index (κ1) is 15.0. The number of hydrogen-bond donors (Lipinski definition) is 1. The van der Waals surface area contributed by atoms with E-state index in [4.69, 9.17) is 0 Å². The molecule has 1 saturated carbocycles. The summed E-state index contributed by atoms with van der Waals surface area (Å²) in [5.74, 6) is -0.253. The highest BCUT2D eigenvalue weighted by atomic mass is 19.1. The summed E-state index contributed by atoms with van der Waals surface area (Å²) in [6.07, 6.45) is 3.18. The van der Waals surface area contributed by atoms with Gasteiger partial charge < -0.3 is 5.11 Å². The second-order valence-corrected chi connectivity index (χ2v) is 8.21. The quantitative estimate of drug-likeness (QED) is 0.916. The van der Waals surface area contributed by atoms with Crippen molar-refractivity contribution in [1.29, 1.82) is 0 Å². The van der Waals surface area contributed by atoms with Gasteiger partial charge in [-0.3, -0.25) is 4.90 Å². The lowest BCUT2D eigenvalue weighted by Crippen LogP contribution is -2.36. The normalized spacial score (nSPS) is 33.1. The largest absolute Gasteiger partial charge is 0.387 e. The SMILES string of the molecule is CC1(C)CC2CC(C)(CN2CC(O)c2ccc(F)cc2)C1. The molecule has 1 aliphatic heterocycles. The summed E-state index contributed by atoms with van der Waals surface area (Å²) in [6.45, 7) is 8.82. The molecule has 0 aromatic heterocycles. The van der Waals surface area contributed by atoms with Crippen molar-refractivity contribution in [2.24, 2.45) is 10.8 Å². The molecule has 3 rings (SSSR count). The Bertz CT molecular complexity index is 512. The van der Waals surface area contributed by atoms with Crippen LogP contribution in [-0.2, 0) is 0 Å². The Labute approximate surface area is 127 Å². The fourth-order valence-electron chi connectivity index (χ4n) is 4.80. The Kier molecular flexibility index (Phi) is 3.61. The Hall–Kier alpha value is -0.930. The van der Waals surface area contributed by atoms with Crippen LogP contribution in [-0.4, -0.2) is 29.1 Å². The number of likely N-dealkylation sites (tertiary alicyclic amines) is 1. The fraction of sp³-hybridized carbons (Fsp3) is 0.667. The molecular weight excluding hydrogens is 265 g/mol. The summed E-state index contributed by atoms with van der Waals surface area (Å²) in [7, 11) is 0. The van der Waals surface area contributed by atoms with Crippen molar-refractivity contribution in [2.75, 3.05) is 13.1 Å². The van der Waals surface area contributed by atoms with Gasteiger partial charge in [0.05, 0.1) is 6.10 Å². The Morgan fingerprint density at radius 1 is 1.24 bits per heavy atom. The van der Waals surface area contributed by atoms with Gasteiger partial charge in [-0.15, -0.1) is 0 Å². The summed E-state index contributed by atoms with van der Waals surface area (Å²) in [4.78, 5) is 2.45. The molecule has 2 fully saturated rings. The molecule has 116 valence electrons. The minimum atomic E-state index is -0.531. The van der Waals surface area contributed by atoms with E-state index in [-0.39, 0.29) is 5.82 Å². The van der Waals surface area contributed by atoms with Gasteiger partial charge in [0.15, 0.2) is 0 Å². The first-order valence-electron chi connectivity index (χ1n) is 7.94. The molecule has 3 unspecified atom stereocenters. The van der Waals surface area contributed by atoms with Gasteiger partial charge in [0.25, 0.3) is 0 Å². The number of halogens is 1. The molecule has 3 heteroatoms. The molecule has 2 bridgehead atoms. The molecule has 1 aliphatic carbocycles. The smallest absolute Gasteiger partial charge is 0.123 e. The first-order chi connectivity index (χ1) is 9.76. The molecule has 1 saturated heterocycles. The van der Waals surface area contributed by atoms with Crippen LogP contribution in [0.3, 0.4) is 0 Å². The van der Waals surface area contributed by atoms with E-state index in [0.29, 0.717) is 23.4 Å². The molecule has 0 amide bonds. The molecule has 1 aromatic rings. The van der Waals surface area contributed by atoms with E-state index in [9.17, 15) is 9.50 Å². The standard InChI is InChI=1S/C18H26FNO/c1-17(2)8-15-9-18(3,11-17)12-20(15)10-16(21)13-4-6-14(19)7-5-13/h4-7,15-16,21H,8-12H2,1-3H3. The van der Waals surface area contributed by atoms with Crippen molar-refractivity contribution in [1.82, 2.24) is 4.90 Å². The van der Waals surface area contributed by atoms with Crippen molar-refractivity contribution in [3.05, 3.63) is 35.6 Å². The molecule has 0 radical (unpaired) electrons. The van der Waals surface area contributed by atoms with Crippen LogP contribution in [0.4, 0.5) is 4.39 Å². The molecular formula is C18H26FNO. The summed E-state index contributed by atoms with van der Waals surface area (Å²) in [6, 6.07) is 6.80. The third kappa shape index (κ3) is 3.14. The molecule has 21 heavy (non-hydrogen) atoms. The number of aliphatic hydroxyl groups excluding tert-OH is 1. The average molecular weight is 291 g/mol. The van der Waals surface area contributed by atoms with E-state index in [1.54, 1.807) is 12.1 Å². The lowest BCUT2D eigenvalue weighted by Gasteiger charge is -2.40. The maximum atomic E-state index is 13.0. The van der Waals surface area contributed by atoms with E-state index in [1.807, 2.05) is 0 Å². The van der Waals surface area contributed by atoms with Crippen molar-refractivity contribution < 1.29 is 9.50 Å². The Morgan fingerprint density at radius 2 is 1.90 bits per heavy atom. The van der Waals surface area contributed by atoms with Crippen LogP contribution < -0.4 is 0 Å². The van der Waals surface area contributed by atoms with E-state index >= 15 is 0 Å². The van der Waals surface area contributed by atoms with Gasteiger partial charge in [-0.2, -0.15) is 0 Å².